The molecule has 8 heteroatoms. The second-order valence-corrected chi connectivity index (χ2v) is 8.72. The number of nitrogen functional groups attached to an aromatic ring is 1. The molecule has 0 spiro atoms. The van der Waals surface area contributed by atoms with Gasteiger partial charge in [0.15, 0.2) is 5.13 Å². The van der Waals surface area contributed by atoms with Gasteiger partial charge >= 0.3 is 0 Å². The van der Waals surface area contributed by atoms with Crippen molar-refractivity contribution in [1.82, 2.24) is 20.5 Å². The molecule has 0 radical (unpaired) electrons. The van der Waals surface area contributed by atoms with Crippen LogP contribution in [0.1, 0.15) is 36.8 Å². The highest BCUT2D eigenvalue weighted by molar-refractivity contribution is 7.15. The van der Waals surface area contributed by atoms with Crippen molar-refractivity contribution in [1.29, 1.82) is 0 Å². The summed E-state index contributed by atoms with van der Waals surface area (Å²) in [5.74, 6) is -0.401. The molecule has 2 atom stereocenters. The summed E-state index contributed by atoms with van der Waals surface area (Å²) in [6, 6.07) is 7.16. The molecular formula is C21H31N5O2S. The largest absolute Gasteiger partial charge is 0.375 e. The Morgan fingerprint density at radius 1 is 1.24 bits per heavy atom. The van der Waals surface area contributed by atoms with E-state index in [1.807, 2.05) is 63.9 Å². The van der Waals surface area contributed by atoms with Crippen molar-refractivity contribution < 1.29 is 9.59 Å². The van der Waals surface area contributed by atoms with Crippen LogP contribution in [0.2, 0.25) is 0 Å². The van der Waals surface area contributed by atoms with Gasteiger partial charge in [0.05, 0.1) is 12.6 Å². The molecule has 0 unspecified atom stereocenters. The number of carbonyl (C=O) groups is 2. The van der Waals surface area contributed by atoms with E-state index in [0.717, 1.165) is 16.0 Å². The Balaban J connectivity index is 2.11. The van der Waals surface area contributed by atoms with Crippen molar-refractivity contribution in [2.75, 3.05) is 12.8 Å². The van der Waals surface area contributed by atoms with Gasteiger partial charge in [-0.1, -0.05) is 29.8 Å². The fourth-order valence-corrected chi connectivity index (χ4v) is 3.53. The summed E-state index contributed by atoms with van der Waals surface area (Å²) in [7, 11) is 1.90. The maximum absolute atomic E-state index is 12.9. The van der Waals surface area contributed by atoms with Crippen LogP contribution in [0.3, 0.4) is 0 Å². The summed E-state index contributed by atoms with van der Waals surface area (Å²) in [6.07, 6.45) is 2.07. The number of aromatic nitrogens is 1. The van der Waals surface area contributed by atoms with Crippen LogP contribution in [0.5, 0.6) is 0 Å². The quantitative estimate of drug-likeness (QED) is 0.580. The van der Waals surface area contributed by atoms with Crippen LogP contribution in [-0.4, -0.2) is 46.9 Å². The Bertz CT molecular complexity index is 836. The molecule has 0 saturated carbocycles. The Hall–Kier alpha value is -2.45. The average Bonchev–Trinajstić information content (AvgIpc) is 3.09. The number of rotatable bonds is 9. The van der Waals surface area contributed by atoms with Crippen molar-refractivity contribution >= 4 is 28.3 Å². The number of amides is 2. The number of anilines is 1. The summed E-state index contributed by atoms with van der Waals surface area (Å²) >= 11 is 1.33. The molecule has 0 aliphatic rings. The van der Waals surface area contributed by atoms with E-state index in [-0.39, 0.29) is 23.9 Å². The number of nitrogens with zero attached hydrogens (tertiary/aromatic N) is 2. The summed E-state index contributed by atoms with van der Waals surface area (Å²) in [6.45, 7) is 8.24. The highest BCUT2D eigenvalue weighted by Crippen LogP contribution is 2.14. The van der Waals surface area contributed by atoms with Gasteiger partial charge in [-0.05, 0) is 40.3 Å². The number of hydrogen-bond acceptors (Lipinski definition) is 6. The molecule has 4 N–H and O–H groups in total. The van der Waals surface area contributed by atoms with E-state index >= 15 is 0 Å². The smallest absolute Gasteiger partial charge is 0.243 e. The van der Waals surface area contributed by atoms with Crippen LogP contribution in [0, 0.1) is 6.92 Å². The van der Waals surface area contributed by atoms with Crippen molar-refractivity contribution in [2.24, 2.45) is 0 Å². The minimum absolute atomic E-state index is 0.170. The molecule has 2 rings (SSSR count). The molecule has 0 aliphatic heterocycles. The lowest BCUT2D eigenvalue weighted by Gasteiger charge is -2.29. The zero-order valence-electron chi connectivity index (χ0n) is 17.7. The average molecular weight is 418 g/mol. The molecule has 0 aliphatic carbocycles. The zero-order chi connectivity index (χ0) is 21.6. The third-order valence-electron chi connectivity index (χ3n) is 4.97. The van der Waals surface area contributed by atoms with E-state index in [9.17, 15) is 9.59 Å². The number of likely N-dealkylation sites (N-methyl/N-ethyl adjacent to an activating group) is 1. The molecule has 29 heavy (non-hydrogen) atoms. The maximum Gasteiger partial charge on any atom is 0.243 e. The Morgan fingerprint density at radius 2 is 1.97 bits per heavy atom. The first-order valence-electron chi connectivity index (χ1n) is 9.73. The van der Waals surface area contributed by atoms with Gasteiger partial charge in [0.1, 0.15) is 6.04 Å². The minimum Gasteiger partial charge on any atom is -0.375 e. The predicted molar refractivity (Wildman–Crippen MR) is 118 cm³/mol. The van der Waals surface area contributed by atoms with E-state index in [0.29, 0.717) is 18.1 Å². The highest BCUT2D eigenvalue weighted by Gasteiger charge is 2.26. The summed E-state index contributed by atoms with van der Waals surface area (Å²) in [5, 5.41) is 6.29. The van der Waals surface area contributed by atoms with E-state index in [4.69, 9.17) is 5.73 Å². The summed E-state index contributed by atoms with van der Waals surface area (Å²) in [5.41, 5.74) is 7.76. The summed E-state index contributed by atoms with van der Waals surface area (Å²) < 4.78 is 0. The highest BCUT2D eigenvalue weighted by atomic mass is 32.1. The molecule has 2 amide bonds. The van der Waals surface area contributed by atoms with Crippen LogP contribution in [0.15, 0.2) is 30.5 Å². The molecule has 2 aromatic rings. The molecule has 158 valence electrons. The molecule has 7 nitrogen and oxygen atoms in total. The monoisotopic (exact) mass is 417 g/mol. The molecule has 1 aromatic carbocycles. The van der Waals surface area contributed by atoms with Gasteiger partial charge in [-0.25, -0.2) is 4.98 Å². The number of nitrogens with one attached hydrogen (secondary N) is 2. The molecule has 1 heterocycles. The lowest BCUT2D eigenvalue weighted by molar-refractivity contribution is -0.131. The third kappa shape index (κ3) is 6.83. The van der Waals surface area contributed by atoms with Gasteiger partial charge in [-0.3, -0.25) is 14.5 Å². The van der Waals surface area contributed by atoms with Crippen LogP contribution in [0.4, 0.5) is 5.13 Å². The van der Waals surface area contributed by atoms with E-state index in [1.165, 1.54) is 11.3 Å². The standard InChI is InChI=1S/C21H31N5O2S/c1-13(2)26(5)15(4)19(27)25-18(10-16-8-6-7-14(3)9-16)20(28)23-11-17-12-24-21(22)29-17/h6-9,12-13,15,18H,10-11H2,1-5H3,(H2,22,24)(H,23,28)(H,25,27)/t15-,18-/m0/s1. The van der Waals surface area contributed by atoms with Gasteiger partial charge in [-0.15, -0.1) is 11.3 Å². The maximum atomic E-state index is 12.9. The first kappa shape index (κ1) is 22.8. The lowest BCUT2D eigenvalue weighted by Crippen LogP contribution is -2.53. The summed E-state index contributed by atoms with van der Waals surface area (Å²) in [4.78, 5) is 32.5. The molecule has 0 fully saturated rings. The number of nitrogens with two attached hydrogens (primary N) is 1. The van der Waals surface area contributed by atoms with Gasteiger partial charge < -0.3 is 16.4 Å². The van der Waals surface area contributed by atoms with Gasteiger partial charge in [0, 0.05) is 23.5 Å². The fraction of sp³-hybridized carbons (Fsp3) is 0.476. The Labute approximate surface area is 176 Å². The fourth-order valence-electron chi connectivity index (χ4n) is 2.91. The van der Waals surface area contributed by atoms with Crippen molar-refractivity contribution in [3.05, 3.63) is 46.5 Å². The van der Waals surface area contributed by atoms with E-state index < -0.39 is 6.04 Å². The van der Waals surface area contributed by atoms with E-state index in [1.54, 1.807) is 6.20 Å². The van der Waals surface area contributed by atoms with Crippen molar-refractivity contribution in [3.63, 3.8) is 0 Å². The van der Waals surface area contributed by atoms with Gasteiger partial charge in [-0.2, -0.15) is 0 Å². The minimum atomic E-state index is -0.669. The van der Waals surface area contributed by atoms with E-state index in [2.05, 4.69) is 15.6 Å². The number of benzene rings is 1. The lowest BCUT2D eigenvalue weighted by atomic mass is 10.0. The molecule has 1 aromatic heterocycles. The Kier molecular flexibility index (Phi) is 8.16. The van der Waals surface area contributed by atoms with Crippen LogP contribution >= 0.6 is 11.3 Å². The van der Waals surface area contributed by atoms with Crippen molar-refractivity contribution in [2.45, 2.75) is 58.8 Å². The molecule has 0 saturated heterocycles. The number of hydrogen-bond donors (Lipinski definition) is 3. The van der Waals surface area contributed by atoms with Gasteiger partial charge in [0.25, 0.3) is 0 Å². The Morgan fingerprint density at radius 3 is 2.55 bits per heavy atom. The molecule has 0 bridgehead atoms. The van der Waals surface area contributed by atoms with Crippen LogP contribution < -0.4 is 16.4 Å². The first-order valence-corrected chi connectivity index (χ1v) is 10.5. The topological polar surface area (TPSA) is 100 Å². The number of thiazole rings is 1. The predicted octanol–water partition coefficient (Wildman–Crippen LogP) is 2.11. The number of aryl methyl sites for hydroxylation is 1. The SMILES string of the molecule is Cc1cccc(C[C@H](NC(=O)[C@H](C)N(C)C(C)C)C(=O)NCc2cnc(N)s2)c1. The second kappa shape index (κ2) is 10.4. The third-order valence-corrected chi connectivity index (χ3v) is 5.79. The normalized spacial score (nSPS) is 13.3. The van der Waals surface area contributed by atoms with Crippen molar-refractivity contribution in [3.8, 4) is 0 Å². The van der Waals surface area contributed by atoms with Crippen LogP contribution in [0.25, 0.3) is 0 Å². The molecular weight excluding hydrogens is 386 g/mol. The second-order valence-electron chi connectivity index (χ2n) is 7.57. The van der Waals surface area contributed by atoms with Gasteiger partial charge in [0.2, 0.25) is 11.8 Å². The first-order chi connectivity index (χ1) is 13.7. The zero-order valence-corrected chi connectivity index (χ0v) is 18.5. The van der Waals surface area contributed by atoms with Crippen LogP contribution in [-0.2, 0) is 22.6 Å². The number of carbonyl (C=O) groups excluding carboxylic acids is 2.